The number of aliphatic carboxylic acids is 1. The topological polar surface area (TPSA) is 49.3 Å². The summed E-state index contributed by atoms with van der Waals surface area (Å²) in [6.07, 6.45) is 0. The molecule has 1 atom stereocenters. The van der Waals surface area contributed by atoms with Crippen molar-refractivity contribution in [1.29, 1.82) is 0 Å². The third-order valence-electron chi connectivity index (χ3n) is 1.24. The van der Waals surface area contributed by atoms with Crippen LogP contribution < -0.4 is 5.32 Å². The largest absolute Gasteiger partial charge is 0.480 e. The van der Waals surface area contributed by atoms with E-state index in [4.69, 9.17) is 5.11 Å². The molecule has 10 heavy (non-hydrogen) atoms. The quantitative estimate of drug-likeness (QED) is 0.652. The van der Waals surface area contributed by atoms with Crippen LogP contribution >= 0.6 is 12.4 Å². The van der Waals surface area contributed by atoms with Crippen LogP contribution in [0.5, 0.6) is 0 Å². The van der Waals surface area contributed by atoms with Crippen LogP contribution in [0.25, 0.3) is 0 Å². The Kier molecular flexibility index (Phi) is 6.82. The smallest absolute Gasteiger partial charge is 0.320 e. The van der Waals surface area contributed by atoms with Gasteiger partial charge >= 0.3 is 5.97 Å². The summed E-state index contributed by atoms with van der Waals surface area (Å²) in [7, 11) is 1.65. The van der Waals surface area contributed by atoms with Crippen molar-refractivity contribution in [2.75, 3.05) is 7.05 Å². The maximum absolute atomic E-state index is 10.3. The van der Waals surface area contributed by atoms with Gasteiger partial charge in [0.15, 0.2) is 0 Å². The van der Waals surface area contributed by atoms with Crippen molar-refractivity contribution >= 4 is 18.4 Å². The van der Waals surface area contributed by atoms with Gasteiger partial charge in [0.2, 0.25) is 0 Å². The Morgan fingerprint density at radius 3 is 1.90 bits per heavy atom. The summed E-state index contributed by atoms with van der Waals surface area (Å²) in [5, 5.41) is 11.2. The molecule has 4 heteroatoms. The van der Waals surface area contributed by atoms with E-state index in [9.17, 15) is 4.79 Å². The molecule has 0 saturated carbocycles. The molecule has 0 amide bonds. The fraction of sp³-hybridized carbons (Fsp3) is 0.833. The number of likely N-dealkylation sites (N-methyl/N-ethyl adjacent to an activating group) is 1. The van der Waals surface area contributed by atoms with Crippen molar-refractivity contribution in [2.24, 2.45) is 5.92 Å². The molecule has 0 heterocycles. The fourth-order valence-corrected chi connectivity index (χ4v) is 0.742. The molecular formula is C6H14ClNO2. The monoisotopic (exact) mass is 167 g/mol. The van der Waals surface area contributed by atoms with Gasteiger partial charge in [0.25, 0.3) is 0 Å². The molecule has 0 aromatic carbocycles. The molecule has 2 N–H and O–H groups in total. The summed E-state index contributed by atoms with van der Waals surface area (Å²) in [6, 6.07) is -0.412. The summed E-state index contributed by atoms with van der Waals surface area (Å²) in [4.78, 5) is 10.3. The van der Waals surface area contributed by atoms with Gasteiger partial charge < -0.3 is 10.4 Å². The normalized spacial score (nSPS) is 12.4. The standard InChI is InChI=1S/C6H13NO2.ClH/c1-4(2)5(7-3)6(8)9;/h4-5,7H,1-3H3,(H,8,9);1H. The Morgan fingerprint density at radius 1 is 1.50 bits per heavy atom. The number of carbonyl (C=O) groups is 1. The number of nitrogens with one attached hydrogen (secondary N) is 1. The second-order valence-electron chi connectivity index (χ2n) is 2.35. The lowest BCUT2D eigenvalue weighted by Crippen LogP contribution is -2.38. The summed E-state index contributed by atoms with van der Waals surface area (Å²) >= 11 is 0. The van der Waals surface area contributed by atoms with E-state index < -0.39 is 12.0 Å². The Bertz CT molecular complexity index is 106. The first-order valence-electron chi connectivity index (χ1n) is 2.99. The predicted molar refractivity (Wildman–Crippen MR) is 42.6 cm³/mol. The zero-order chi connectivity index (χ0) is 7.44. The predicted octanol–water partition coefficient (Wildman–Crippen LogP) is 0.737. The van der Waals surface area contributed by atoms with Crippen molar-refractivity contribution in [3.8, 4) is 0 Å². The van der Waals surface area contributed by atoms with Gasteiger partial charge in [-0.15, -0.1) is 12.4 Å². The number of carboxylic acid groups (broad SMARTS) is 1. The molecular weight excluding hydrogens is 154 g/mol. The van der Waals surface area contributed by atoms with Gasteiger partial charge in [0.1, 0.15) is 6.04 Å². The van der Waals surface area contributed by atoms with Gasteiger partial charge in [-0.1, -0.05) is 13.8 Å². The van der Waals surface area contributed by atoms with E-state index in [-0.39, 0.29) is 18.3 Å². The van der Waals surface area contributed by atoms with Crippen LogP contribution in [0.4, 0.5) is 0 Å². The van der Waals surface area contributed by atoms with Crippen LogP contribution in [-0.4, -0.2) is 24.2 Å². The summed E-state index contributed by atoms with van der Waals surface area (Å²) in [5.74, 6) is -0.639. The van der Waals surface area contributed by atoms with Crippen LogP contribution in [0.1, 0.15) is 13.8 Å². The Morgan fingerprint density at radius 2 is 1.90 bits per heavy atom. The lowest BCUT2D eigenvalue weighted by molar-refractivity contribution is -0.140. The second-order valence-corrected chi connectivity index (χ2v) is 2.35. The van der Waals surface area contributed by atoms with Gasteiger partial charge in [0, 0.05) is 0 Å². The summed E-state index contributed by atoms with van der Waals surface area (Å²) in [6.45, 7) is 3.74. The van der Waals surface area contributed by atoms with Crippen molar-refractivity contribution in [3.63, 3.8) is 0 Å². The molecule has 0 radical (unpaired) electrons. The minimum Gasteiger partial charge on any atom is -0.480 e. The van der Waals surface area contributed by atoms with E-state index in [1.807, 2.05) is 13.8 Å². The molecule has 0 aliphatic carbocycles. The molecule has 62 valence electrons. The molecule has 0 spiro atoms. The van der Waals surface area contributed by atoms with Gasteiger partial charge in [-0.2, -0.15) is 0 Å². The van der Waals surface area contributed by atoms with Gasteiger partial charge in [0.05, 0.1) is 0 Å². The van der Waals surface area contributed by atoms with Gasteiger partial charge in [-0.3, -0.25) is 4.79 Å². The summed E-state index contributed by atoms with van der Waals surface area (Å²) < 4.78 is 0. The summed E-state index contributed by atoms with van der Waals surface area (Å²) in [5.41, 5.74) is 0. The van der Waals surface area contributed by atoms with Gasteiger partial charge in [-0.05, 0) is 13.0 Å². The average Bonchev–Trinajstić information content (AvgIpc) is 1.64. The second kappa shape index (κ2) is 5.50. The van der Waals surface area contributed by atoms with E-state index in [2.05, 4.69) is 5.32 Å². The van der Waals surface area contributed by atoms with E-state index in [0.29, 0.717) is 0 Å². The van der Waals surface area contributed by atoms with E-state index >= 15 is 0 Å². The average molecular weight is 168 g/mol. The Balaban J connectivity index is 0. The fourth-order valence-electron chi connectivity index (χ4n) is 0.742. The van der Waals surface area contributed by atoms with Crippen molar-refractivity contribution in [1.82, 2.24) is 5.32 Å². The molecule has 0 rings (SSSR count). The molecule has 3 nitrogen and oxygen atoms in total. The number of carboxylic acids is 1. The molecule has 1 unspecified atom stereocenters. The van der Waals surface area contributed by atoms with Crippen molar-refractivity contribution in [3.05, 3.63) is 0 Å². The zero-order valence-corrected chi connectivity index (χ0v) is 7.23. The van der Waals surface area contributed by atoms with Crippen LogP contribution in [0.2, 0.25) is 0 Å². The molecule has 0 aromatic heterocycles. The van der Waals surface area contributed by atoms with E-state index in [1.165, 1.54) is 0 Å². The third-order valence-corrected chi connectivity index (χ3v) is 1.24. The van der Waals surface area contributed by atoms with E-state index in [0.717, 1.165) is 0 Å². The minimum atomic E-state index is -0.785. The Hall–Kier alpha value is -0.280. The van der Waals surface area contributed by atoms with Crippen LogP contribution in [0.3, 0.4) is 0 Å². The lowest BCUT2D eigenvalue weighted by atomic mass is 10.1. The number of halogens is 1. The SMILES string of the molecule is CNC(C(=O)O)C(C)C.Cl. The zero-order valence-electron chi connectivity index (χ0n) is 6.42. The van der Waals surface area contributed by atoms with Crippen LogP contribution in [0.15, 0.2) is 0 Å². The molecule has 0 fully saturated rings. The maximum Gasteiger partial charge on any atom is 0.320 e. The maximum atomic E-state index is 10.3. The lowest BCUT2D eigenvalue weighted by Gasteiger charge is -2.13. The molecule has 0 aliphatic heterocycles. The molecule has 0 aromatic rings. The van der Waals surface area contributed by atoms with Crippen molar-refractivity contribution in [2.45, 2.75) is 19.9 Å². The number of rotatable bonds is 3. The highest BCUT2D eigenvalue weighted by atomic mass is 35.5. The minimum absolute atomic E-state index is 0. The highest BCUT2D eigenvalue weighted by molar-refractivity contribution is 5.85. The first-order valence-corrected chi connectivity index (χ1v) is 2.99. The van der Waals surface area contributed by atoms with Crippen LogP contribution in [-0.2, 0) is 4.79 Å². The highest BCUT2D eigenvalue weighted by Crippen LogP contribution is 1.99. The Labute approximate surface area is 67.2 Å². The van der Waals surface area contributed by atoms with Gasteiger partial charge in [-0.25, -0.2) is 0 Å². The number of hydrogen-bond donors (Lipinski definition) is 2. The molecule has 0 bridgehead atoms. The first-order chi connectivity index (χ1) is 4.09. The molecule has 0 saturated heterocycles. The highest BCUT2D eigenvalue weighted by Gasteiger charge is 2.17. The third kappa shape index (κ3) is 3.69. The molecule has 0 aliphatic rings. The van der Waals surface area contributed by atoms with E-state index in [1.54, 1.807) is 7.05 Å². The van der Waals surface area contributed by atoms with Crippen LogP contribution in [0, 0.1) is 5.92 Å². The number of hydrogen-bond acceptors (Lipinski definition) is 2. The first kappa shape index (κ1) is 12.4. The van der Waals surface area contributed by atoms with Crippen molar-refractivity contribution < 1.29 is 9.90 Å².